The van der Waals surface area contributed by atoms with Crippen LogP contribution in [0.3, 0.4) is 0 Å². The Kier molecular flexibility index (Phi) is 6.41. The van der Waals surface area contributed by atoms with Crippen molar-refractivity contribution in [3.05, 3.63) is 35.4 Å². The van der Waals surface area contributed by atoms with Crippen LogP contribution in [0.25, 0.3) is 0 Å². The maximum atomic E-state index is 10.7. The lowest BCUT2D eigenvalue weighted by molar-refractivity contribution is 0.0695. The Morgan fingerprint density at radius 1 is 1.36 bits per heavy atom. The predicted molar refractivity (Wildman–Crippen MR) is 57.5 cm³/mol. The van der Waals surface area contributed by atoms with E-state index in [4.69, 9.17) is 5.11 Å². The van der Waals surface area contributed by atoms with Crippen LogP contribution < -0.4 is 5.73 Å². The minimum atomic E-state index is -0.834. The van der Waals surface area contributed by atoms with E-state index in [-0.39, 0.29) is 0 Å². The van der Waals surface area contributed by atoms with E-state index in [0.29, 0.717) is 5.56 Å². The summed E-state index contributed by atoms with van der Waals surface area (Å²) < 4.78 is 0. The van der Waals surface area contributed by atoms with Crippen molar-refractivity contribution >= 4 is 5.97 Å². The first-order valence-electron chi connectivity index (χ1n) is 4.64. The second-order valence-corrected chi connectivity index (χ2v) is 2.71. The number of hydrogen-bond acceptors (Lipinski definition) is 2. The molecule has 0 radical (unpaired) electrons. The first-order valence-corrected chi connectivity index (χ1v) is 4.64. The molecule has 0 aliphatic carbocycles. The Morgan fingerprint density at radius 3 is 2.43 bits per heavy atom. The van der Waals surface area contributed by atoms with Gasteiger partial charge in [-0.1, -0.05) is 31.5 Å². The molecule has 0 aliphatic heterocycles. The minimum Gasteiger partial charge on any atom is -0.478 e. The first-order chi connectivity index (χ1) is 6.75. The molecule has 0 saturated heterocycles. The van der Waals surface area contributed by atoms with Gasteiger partial charge >= 0.3 is 5.97 Å². The Bertz CT molecular complexity index is 284. The molecule has 1 aromatic carbocycles. The van der Waals surface area contributed by atoms with E-state index in [9.17, 15) is 4.79 Å². The van der Waals surface area contributed by atoms with Crippen LogP contribution in [0.4, 0.5) is 0 Å². The van der Waals surface area contributed by atoms with E-state index in [0.717, 1.165) is 18.4 Å². The van der Waals surface area contributed by atoms with Gasteiger partial charge in [0.1, 0.15) is 0 Å². The first kappa shape index (κ1) is 12.7. The summed E-state index contributed by atoms with van der Waals surface area (Å²) in [7, 11) is 1.50. The Labute approximate surface area is 84.6 Å². The molecule has 0 aromatic heterocycles. The van der Waals surface area contributed by atoms with Crippen LogP contribution in [-0.4, -0.2) is 18.1 Å². The number of benzene rings is 1. The van der Waals surface area contributed by atoms with Crippen molar-refractivity contribution in [3.8, 4) is 0 Å². The molecule has 0 atom stereocenters. The van der Waals surface area contributed by atoms with Crippen LogP contribution in [0.15, 0.2) is 24.3 Å². The van der Waals surface area contributed by atoms with Crippen molar-refractivity contribution in [1.29, 1.82) is 0 Å². The molecule has 3 nitrogen and oxygen atoms in total. The lowest BCUT2D eigenvalue weighted by atomic mass is 10.0. The summed E-state index contributed by atoms with van der Waals surface area (Å²) in [6, 6.07) is 7.14. The number of hydrogen-bond donors (Lipinski definition) is 2. The van der Waals surface area contributed by atoms with Gasteiger partial charge in [0.2, 0.25) is 0 Å². The van der Waals surface area contributed by atoms with Gasteiger partial charge in [-0.15, -0.1) is 0 Å². The van der Waals surface area contributed by atoms with E-state index in [1.807, 2.05) is 19.1 Å². The number of aromatic carboxylic acids is 1. The molecule has 3 N–H and O–H groups in total. The van der Waals surface area contributed by atoms with Crippen molar-refractivity contribution < 1.29 is 9.90 Å². The predicted octanol–water partition coefficient (Wildman–Crippen LogP) is 1.91. The summed E-state index contributed by atoms with van der Waals surface area (Å²) >= 11 is 0. The number of aryl methyl sites for hydroxylation is 1. The highest BCUT2D eigenvalue weighted by Crippen LogP contribution is 2.10. The van der Waals surface area contributed by atoms with Gasteiger partial charge in [0.25, 0.3) is 0 Å². The monoisotopic (exact) mass is 195 g/mol. The highest BCUT2D eigenvalue weighted by molar-refractivity contribution is 5.89. The number of nitrogens with two attached hydrogens (primary N) is 1. The summed E-state index contributed by atoms with van der Waals surface area (Å²) in [6.45, 7) is 2.04. The molecule has 0 spiro atoms. The van der Waals surface area contributed by atoms with E-state index >= 15 is 0 Å². The van der Waals surface area contributed by atoms with Gasteiger partial charge in [0.05, 0.1) is 5.56 Å². The average Bonchev–Trinajstić information content (AvgIpc) is 2.22. The van der Waals surface area contributed by atoms with Gasteiger partial charge in [-0.25, -0.2) is 4.79 Å². The maximum absolute atomic E-state index is 10.7. The van der Waals surface area contributed by atoms with Gasteiger partial charge in [-0.05, 0) is 25.1 Å². The zero-order chi connectivity index (χ0) is 11.0. The summed E-state index contributed by atoms with van der Waals surface area (Å²) in [5, 5.41) is 8.79. The molecular weight excluding hydrogens is 178 g/mol. The fraction of sp³-hybridized carbons (Fsp3) is 0.364. The third kappa shape index (κ3) is 3.58. The van der Waals surface area contributed by atoms with Crippen LogP contribution >= 0.6 is 0 Å². The van der Waals surface area contributed by atoms with E-state index in [1.165, 1.54) is 7.05 Å². The molecule has 3 heteroatoms. The summed E-state index contributed by atoms with van der Waals surface area (Å²) in [4.78, 5) is 10.7. The van der Waals surface area contributed by atoms with E-state index < -0.39 is 5.97 Å². The molecule has 0 aliphatic rings. The number of carboxylic acids is 1. The van der Waals surface area contributed by atoms with Gasteiger partial charge in [0, 0.05) is 0 Å². The molecule has 0 saturated carbocycles. The number of carboxylic acid groups (broad SMARTS) is 1. The highest BCUT2D eigenvalue weighted by Gasteiger charge is 2.06. The van der Waals surface area contributed by atoms with Crippen molar-refractivity contribution in [2.24, 2.45) is 5.73 Å². The minimum absolute atomic E-state index is 0.430. The molecule has 0 bridgehead atoms. The molecule has 0 heterocycles. The summed E-state index contributed by atoms with van der Waals surface area (Å²) in [5.74, 6) is -0.834. The van der Waals surface area contributed by atoms with E-state index in [2.05, 4.69) is 5.73 Å². The SMILES string of the molecule is CCCc1ccccc1C(=O)O.CN. The van der Waals surface area contributed by atoms with Crippen molar-refractivity contribution in [1.82, 2.24) is 0 Å². The highest BCUT2D eigenvalue weighted by atomic mass is 16.4. The van der Waals surface area contributed by atoms with Crippen LogP contribution in [-0.2, 0) is 6.42 Å². The van der Waals surface area contributed by atoms with Gasteiger partial charge < -0.3 is 10.8 Å². The molecule has 1 rings (SSSR count). The molecule has 0 unspecified atom stereocenters. The third-order valence-corrected chi connectivity index (χ3v) is 1.77. The van der Waals surface area contributed by atoms with Crippen molar-refractivity contribution in [3.63, 3.8) is 0 Å². The molecule has 0 amide bonds. The Balaban J connectivity index is 0.000000791. The second-order valence-electron chi connectivity index (χ2n) is 2.71. The number of carbonyl (C=O) groups is 1. The van der Waals surface area contributed by atoms with Crippen molar-refractivity contribution in [2.45, 2.75) is 19.8 Å². The zero-order valence-corrected chi connectivity index (χ0v) is 8.66. The Morgan fingerprint density at radius 2 is 1.93 bits per heavy atom. The zero-order valence-electron chi connectivity index (χ0n) is 8.66. The lowest BCUT2D eigenvalue weighted by Gasteiger charge is -2.02. The van der Waals surface area contributed by atoms with Gasteiger partial charge in [0.15, 0.2) is 0 Å². The van der Waals surface area contributed by atoms with Gasteiger partial charge in [-0.2, -0.15) is 0 Å². The quantitative estimate of drug-likeness (QED) is 0.774. The molecular formula is C11H17NO2. The second kappa shape index (κ2) is 7.09. The largest absolute Gasteiger partial charge is 0.478 e. The van der Waals surface area contributed by atoms with Crippen LogP contribution in [0.1, 0.15) is 29.3 Å². The Hall–Kier alpha value is -1.35. The van der Waals surface area contributed by atoms with E-state index in [1.54, 1.807) is 12.1 Å². The lowest BCUT2D eigenvalue weighted by Crippen LogP contribution is -2.01. The normalized spacial score (nSPS) is 8.79. The topological polar surface area (TPSA) is 63.3 Å². The average molecular weight is 195 g/mol. The molecule has 0 fully saturated rings. The fourth-order valence-electron chi connectivity index (χ4n) is 1.22. The van der Waals surface area contributed by atoms with Crippen LogP contribution in [0.2, 0.25) is 0 Å². The van der Waals surface area contributed by atoms with Crippen molar-refractivity contribution in [2.75, 3.05) is 7.05 Å². The summed E-state index contributed by atoms with van der Waals surface area (Å²) in [5.41, 5.74) is 5.85. The molecule has 14 heavy (non-hydrogen) atoms. The molecule has 78 valence electrons. The smallest absolute Gasteiger partial charge is 0.335 e. The maximum Gasteiger partial charge on any atom is 0.335 e. The van der Waals surface area contributed by atoms with Crippen LogP contribution in [0, 0.1) is 0 Å². The standard InChI is InChI=1S/C10H12O2.CH5N/c1-2-5-8-6-3-4-7-9(8)10(11)12;1-2/h3-4,6-7H,2,5H2,1H3,(H,11,12);2H2,1H3. The van der Waals surface area contributed by atoms with Crippen LogP contribution in [0.5, 0.6) is 0 Å². The molecule has 1 aromatic rings. The van der Waals surface area contributed by atoms with Gasteiger partial charge in [-0.3, -0.25) is 0 Å². The summed E-state index contributed by atoms with van der Waals surface area (Å²) in [6.07, 6.45) is 1.81. The fourth-order valence-corrected chi connectivity index (χ4v) is 1.22. The number of rotatable bonds is 3. The third-order valence-electron chi connectivity index (χ3n) is 1.77.